The molecule has 12 aromatic rings. The van der Waals surface area contributed by atoms with Gasteiger partial charge >= 0.3 is 0 Å². The monoisotopic (exact) mass is 982 g/mol. The highest BCUT2D eigenvalue weighted by molar-refractivity contribution is 6.19. The molecule has 1 aromatic heterocycles. The summed E-state index contributed by atoms with van der Waals surface area (Å²) in [5, 5.41) is 7.24. The zero-order valence-electron chi connectivity index (χ0n) is 44.7. The fourth-order valence-corrected chi connectivity index (χ4v) is 12.0. The van der Waals surface area contributed by atoms with E-state index in [-0.39, 0.29) is 16.2 Å². The van der Waals surface area contributed by atoms with Crippen molar-refractivity contribution in [3.05, 3.63) is 253 Å². The molecule has 76 heavy (non-hydrogen) atoms. The van der Waals surface area contributed by atoms with Crippen molar-refractivity contribution in [1.82, 2.24) is 0 Å². The molecule has 1 heterocycles. The molecule has 0 unspecified atom stereocenters. The van der Waals surface area contributed by atoms with Crippen LogP contribution in [-0.4, -0.2) is 0 Å². The second kappa shape index (κ2) is 17.7. The lowest BCUT2D eigenvalue weighted by Crippen LogP contribution is -2.18. The molecule has 1 aliphatic rings. The second-order valence-electron chi connectivity index (χ2n) is 23.4. The van der Waals surface area contributed by atoms with Crippen LogP contribution >= 0.6 is 0 Å². The van der Waals surface area contributed by atoms with Crippen LogP contribution in [0, 0.1) is 0 Å². The number of fused-ring (bicyclic) bond motifs is 9. The first-order chi connectivity index (χ1) is 36.7. The number of hydrogen-bond acceptors (Lipinski definition) is 3. The Labute approximate surface area is 447 Å². The third-order valence-corrected chi connectivity index (χ3v) is 16.2. The molecule has 1 aliphatic carbocycles. The highest BCUT2D eigenvalue weighted by Crippen LogP contribution is 2.57. The Morgan fingerprint density at radius 3 is 1.32 bits per heavy atom. The van der Waals surface area contributed by atoms with Crippen molar-refractivity contribution >= 4 is 77.6 Å². The average molecular weight is 983 g/mol. The number of rotatable bonds is 8. The number of anilines is 6. The van der Waals surface area contributed by atoms with Crippen LogP contribution < -0.4 is 9.80 Å². The van der Waals surface area contributed by atoms with Crippen LogP contribution in [0.5, 0.6) is 0 Å². The van der Waals surface area contributed by atoms with Crippen LogP contribution in [0.3, 0.4) is 0 Å². The molecular formula is C73H62N2O. The maximum absolute atomic E-state index is 7.16. The van der Waals surface area contributed by atoms with Crippen LogP contribution in [0.25, 0.3) is 76.9 Å². The van der Waals surface area contributed by atoms with Gasteiger partial charge in [-0.1, -0.05) is 213 Å². The van der Waals surface area contributed by atoms with Crippen LogP contribution in [0.2, 0.25) is 0 Å². The summed E-state index contributed by atoms with van der Waals surface area (Å²) in [6.45, 7) is 18.5. The molecule has 3 heteroatoms. The molecule has 0 fully saturated rings. The molecule has 0 amide bonds. The molecule has 13 rings (SSSR count). The normalized spacial score (nSPS) is 13.1. The number of nitrogens with zero attached hydrogens (tertiary/aromatic N) is 2. The molecule has 0 bridgehead atoms. The summed E-state index contributed by atoms with van der Waals surface area (Å²) in [5.41, 5.74) is 20.3. The quantitative estimate of drug-likeness (QED) is 0.151. The minimum Gasteiger partial charge on any atom is -0.454 e. The molecule has 370 valence electrons. The fraction of sp³-hybridized carbons (Fsp3) is 0.151. The van der Waals surface area contributed by atoms with E-state index in [0.29, 0.717) is 0 Å². The highest BCUT2D eigenvalue weighted by atomic mass is 16.3. The molecule has 0 aliphatic heterocycles. The van der Waals surface area contributed by atoms with E-state index in [9.17, 15) is 0 Å². The molecule has 3 nitrogen and oxygen atoms in total. The molecule has 0 saturated heterocycles. The molecule has 0 radical (unpaired) electrons. The lowest BCUT2D eigenvalue weighted by molar-refractivity contribution is 0.590. The summed E-state index contributed by atoms with van der Waals surface area (Å²) >= 11 is 0. The van der Waals surface area contributed by atoms with Gasteiger partial charge in [0.05, 0.1) is 5.69 Å². The first-order valence-electron chi connectivity index (χ1n) is 26.8. The lowest BCUT2D eigenvalue weighted by atomic mass is 9.81. The molecule has 0 saturated carbocycles. The summed E-state index contributed by atoms with van der Waals surface area (Å²) < 4.78 is 7.16. The van der Waals surface area contributed by atoms with Crippen LogP contribution in [0.15, 0.2) is 235 Å². The summed E-state index contributed by atoms with van der Waals surface area (Å²) in [4.78, 5) is 4.84. The van der Waals surface area contributed by atoms with Crippen molar-refractivity contribution in [2.24, 2.45) is 0 Å². The van der Waals surface area contributed by atoms with E-state index < -0.39 is 0 Å². The lowest BCUT2D eigenvalue weighted by Gasteiger charge is -2.30. The van der Waals surface area contributed by atoms with E-state index >= 15 is 0 Å². The third kappa shape index (κ3) is 7.87. The Morgan fingerprint density at radius 1 is 0.368 bits per heavy atom. The number of benzene rings is 11. The van der Waals surface area contributed by atoms with Crippen LogP contribution in [-0.2, 0) is 16.2 Å². The molecular weight excluding hydrogens is 921 g/mol. The van der Waals surface area contributed by atoms with Crippen molar-refractivity contribution in [1.29, 1.82) is 0 Å². The first kappa shape index (κ1) is 47.1. The van der Waals surface area contributed by atoms with E-state index in [4.69, 9.17) is 4.42 Å². The highest BCUT2D eigenvalue weighted by Gasteiger charge is 2.40. The predicted octanol–water partition coefficient (Wildman–Crippen LogP) is 21.1. The Morgan fingerprint density at radius 2 is 0.803 bits per heavy atom. The van der Waals surface area contributed by atoms with Gasteiger partial charge in [0, 0.05) is 44.6 Å². The summed E-state index contributed by atoms with van der Waals surface area (Å²) in [5.74, 6) is 0. The van der Waals surface area contributed by atoms with Gasteiger partial charge in [-0.3, -0.25) is 0 Å². The Kier molecular flexibility index (Phi) is 11.0. The van der Waals surface area contributed by atoms with E-state index in [1.807, 2.05) is 0 Å². The Balaban J connectivity index is 0.979. The van der Waals surface area contributed by atoms with E-state index in [0.717, 1.165) is 56.1 Å². The largest absolute Gasteiger partial charge is 0.454 e. The maximum Gasteiger partial charge on any atom is 0.160 e. The SMILES string of the molecule is CC(C)(C)c1ccc(N(c2ccc(-c3cccc4ccccc34)cc2)c2ccc3c(c2)C(C)(C)c2cc(N(c4ccc(-c5cccc6ccccc56)cc4)c4ccc(C(C)(C)C)cc4)c4oc5ccccc5c4c2-3)cc1. The number of hydrogen-bond donors (Lipinski definition) is 0. The molecule has 0 N–H and O–H groups in total. The van der Waals surface area contributed by atoms with Gasteiger partial charge in [-0.2, -0.15) is 0 Å². The third-order valence-electron chi connectivity index (χ3n) is 16.2. The van der Waals surface area contributed by atoms with Gasteiger partial charge in [0.1, 0.15) is 5.58 Å². The van der Waals surface area contributed by atoms with Gasteiger partial charge in [0.2, 0.25) is 0 Å². The topological polar surface area (TPSA) is 19.6 Å². The van der Waals surface area contributed by atoms with Crippen LogP contribution in [0.1, 0.15) is 77.6 Å². The smallest absolute Gasteiger partial charge is 0.160 e. The fourth-order valence-electron chi connectivity index (χ4n) is 12.0. The Bertz CT molecular complexity index is 4170. The van der Waals surface area contributed by atoms with Crippen LogP contribution in [0.4, 0.5) is 34.1 Å². The van der Waals surface area contributed by atoms with E-state index in [1.54, 1.807) is 0 Å². The van der Waals surface area contributed by atoms with Gasteiger partial charge in [-0.05, 0) is 161 Å². The summed E-state index contributed by atoms with van der Waals surface area (Å²) in [6.07, 6.45) is 0. The summed E-state index contributed by atoms with van der Waals surface area (Å²) in [7, 11) is 0. The minimum atomic E-state index is -0.387. The number of para-hydroxylation sites is 1. The van der Waals surface area contributed by atoms with Crippen molar-refractivity contribution in [2.45, 2.75) is 71.6 Å². The zero-order valence-corrected chi connectivity index (χ0v) is 44.7. The van der Waals surface area contributed by atoms with Crippen molar-refractivity contribution in [3.8, 4) is 33.4 Å². The van der Waals surface area contributed by atoms with Gasteiger partial charge in [0.25, 0.3) is 0 Å². The predicted molar refractivity (Wildman–Crippen MR) is 324 cm³/mol. The van der Waals surface area contributed by atoms with E-state index in [2.05, 4.69) is 296 Å². The van der Waals surface area contributed by atoms with Gasteiger partial charge < -0.3 is 14.2 Å². The van der Waals surface area contributed by atoms with Gasteiger partial charge in [-0.15, -0.1) is 0 Å². The second-order valence-corrected chi connectivity index (χ2v) is 23.4. The van der Waals surface area contributed by atoms with E-state index in [1.165, 1.54) is 77.2 Å². The van der Waals surface area contributed by atoms with Crippen molar-refractivity contribution in [2.75, 3.05) is 9.80 Å². The van der Waals surface area contributed by atoms with Crippen molar-refractivity contribution in [3.63, 3.8) is 0 Å². The maximum atomic E-state index is 7.16. The average Bonchev–Trinajstić information content (AvgIpc) is 4.17. The molecule has 0 spiro atoms. The first-order valence-corrected chi connectivity index (χ1v) is 26.8. The molecule has 0 atom stereocenters. The number of furan rings is 1. The van der Waals surface area contributed by atoms with Gasteiger partial charge in [0.15, 0.2) is 5.58 Å². The zero-order chi connectivity index (χ0) is 52.1. The van der Waals surface area contributed by atoms with Crippen molar-refractivity contribution < 1.29 is 4.42 Å². The minimum absolute atomic E-state index is 0.00407. The molecule has 11 aromatic carbocycles. The van der Waals surface area contributed by atoms with Gasteiger partial charge in [-0.25, -0.2) is 0 Å². The Hall–Kier alpha value is -8.66. The standard InChI is InChI=1S/C73H62N2O/c1-71(2,3)51-31-39-54(40-32-51)74(53-35-27-49(28-36-53)60-24-15-19-47-17-9-11-21-58(47)60)57-43-44-62-64(45-57)73(7,8)65-46-66(70-69(68(62)65)63-23-13-14-26-67(63)76-70)75(56-41-33-52(34-42-56)72(4,5)6)55-37-29-50(30-38-55)61-25-16-20-48-18-10-12-22-59(48)61/h9-46H,1-8H3. The summed E-state index contributed by atoms with van der Waals surface area (Å²) in [6, 6.07) is 85.2.